The molecule has 0 saturated carbocycles. The molecule has 0 amide bonds. The van der Waals surface area contributed by atoms with Crippen LogP contribution in [0.15, 0.2) is 0 Å². The normalized spacial score (nSPS) is 12.1. The van der Waals surface area contributed by atoms with E-state index in [2.05, 4.69) is 34.6 Å². The maximum atomic E-state index is 12.7. The van der Waals surface area contributed by atoms with Crippen molar-refractivity contribution < 1.29 is 28.6 Å². The Hall–Kier alpha value is -1.59. The molecule has 0 spiro atoms. The number of ether oxygens (including phenoxy) is 3. The first-order valence-electron chi connectivity index (χ1n) is 25.2. The highest BCUT2D eigenvalue weighted by molar-refractivity contribution is 5.71. The summed E-state index contributed by atoms with van der Waals surface area (Å²) in [5, 5.41) is 0. The second kappa shape index (κ2) is 44.0. The van der Waals surface area contributed by atoms with Gasteiger partial charge in [-0.05, 0) is 31.1 Å². The predicted octanol–water partition coefficient (Wildman–Crippen LogP) is 16.1. The van der Waals surface area contributed by atoms with Gasteiger partial charge in [0, 0.05) is 19.3 Å². The summed E-state index contributed by atoms with van der Waals surface area (Å²) < 4.78 is 16.8. The minimum atomic E-state index is -0.761. The number of hydrogen-bond acceptors (Lipinski definition) is 6. The third kappa shape index (κ3) is 45.3. The van der Waals surface area contributed by atoms with Gasteiger partial charge in [-0.25, -0.2) is 0 Å². The van der Waals surface area contributed by atoms with Crippen LogP contribution < -0.4 is 0 Å². The summed E-state index contributed by atoms with van der Waals surface area (Å²) in [5.41, 5.74) is 0. The molecule has 338 valence electrons. The van der Waals surface area contributed by atoms with Crippen molar-refractivity contribution >= 4 is 17.9 Å². The molecule has 6 heteroatoms. The molecule has 0 aromatic rings. The van der Waals surface area contributed by atoms with Crippen LogP contribution in [0.5, 0.6) is 0 Å². The Balaban J connectivity index is 4.29. The topological polar surface area (TPSA) is 78.9 Å². The van der Waals surface area contributed by atoms with Crippen LogP contribution in [0.3, 0.4) is 0 Å². The molecular weight excluding hydrogens is 709 g/mol. The Morgan fingerprint density at radius 2 is 0.579 bits per heavy atom. The molecule has 0 aliphatic heterocycles. The van der Waals surface area contributed by atoms with Crippen LogP contribution in [-0.2, 0) is 28.6 Å². The maximum Gasteiger partial charge on any atom is 0.306 e. The first-order valence-corrected chi connectivity index (χ1v) is 25.2. The van der Waals surface area contributed by atoms with Gasteiger partial charge >= 0.3 is 17.9 Å². The van der Waals surface area contributed by atoms with Crippen molar-refractivity contribution in [2.24, 2.45) is 11.8 Å². The van der Waals surface area contributed by atoms with Crippen LogP contribution in [0.1, 0.15) is 279 Å². The number of hydrogen-bond donors (Lipinski definition) is 0. The fourth-order valence-corrected chi connectivity index (χ4v) is 7.64. The van der Waals surface area contributed by atoms with E-state index in [1.807, 2.05) is 0 Å². The molecule has 6 nitrogen and oxygen atoms in total. The summed E-state index contributed by atoms with van der Waals surface area (Å²) >= 11 is 0. The van der Waals surface area contributed by atoms with Crippen LogP contribution in [0.2, 0.25) is 0 Å². The van der Waals surface area contributed by atoms with Gasteiger partial charge in [-0.1, -0.05) is 240 Å². The van der Waals surface area contributed by atoms with Crippen molar-refractivity contribution in [1.29, 1.82) is 0 Å². The standard InChI is InChI=1S/C51H98O6/c1-6-7-8-9-10-11-15-21-26-31-36-41-49(52)55-44-48(57-51(54)43-38-33-28-23-18-20-25-30-35-40-47(4)5)45-56-50(53)42-37-32-27-22-17-14-12-13-16-19-24-29-34-39-46(2)3/h46-48H,6-45H2,1-5H3/t48-/m0/s1. The smallest absolute Gasteiger partial charge is 0.306 e. The van der Waals surface area contributed by atoms with Gasteiger partial charge in [0.05, 0.1) is 0 Å². The van der Waals surface area contributed by atoms with E-state index in [1.165, 1.54) is 167 Å². The molecule has 0 aliphatic rings. The lowest BCUT2D eigenvalue weighted by Crippen LogP contribution is -2.30. The van der Waals surface area contributed by atoms with E-state index < -0.39 is 6.10 Å². The quantitative estimate of drug-likeness (QED) is 0.0346. The largest absolute Gasteiger partial charge is 0.462 e. The van der Waals surface area contributed by atoms with E-state index in [0.717, 1.165) is 69.6 Å². The molecule has 0 heterocycles. The van der Waals surface area contributed by atoms with Crippen molar-refractivity contribution in [3.05, 3.63) is 0 Å². The third-order valence-corrected chi connectivity index (χ3v) is 11.5. The summed E-state index contributed by atoms with van der Waals surface area (Å²) in [6, 6.07) is 0. The first-order chi connectivity index (χ1) is 27.7. The Kier molecular flexibility index (Phi) is 42.7. The van der Waals surface area contributed by atoms with Gasteiger partial charge in [0.1, 0.15) is 13.2 Å². The summed E-state index contributed by atoms with van der Waals surface area (Å²) in [6.07, 6.45) is 43.7. The van der Waals surface area contributed by atoms with Crippen molar-refractivity contribution in [3.63, 3.8) is 0 Å². The summed E-state index contributed by atoms with van der Waals surface area (Å²) in [4.78, 5) is 37.9. The average Bonchev–Trinajstić information content (AvgIpc) is 3.18. The zero-order chi connectivity index (χ0) is 41.9. The van der Waals surface area contributed by atoms with Gasteiger partial charge in [-0.15, -0.1) is 0 Å². The molecule has 0 aromatic carbocycles. The molecular formula is C51H98O6. The van der Waals surface area contributed by atoms with Crippen molar-refractivity contribution in [2.75, 3.05) is 13.2 Å². The summed E-state index contributed by atoms with van der Waals surface area (Å²) in [7, 11) is 0. The van der Waals surface area contributed by atoms with Crippen LogP contribution in [0.25, 0.3) is 0 Å². The Bertz CT molecular complexity index is 870. The summed E-state index contributed by atoms with van der Waals surface area (Å²) in [6.45, 7) is 11.3. The molecule has 0 radical (unpaired) electrons. The van der Waals surface area contributed by atoms with Crippen LogP contribution in [0, 0.1) is 11.8 Å². The zero-order valence-electron chi connectivity index (χ0n) is 39.0. The van der Waals surface area contributed by atoms with Crippen LogP contribution >= 0.6 is 0 Å². The maximum absolute atomic E-state index is 12.7. The molecule has 57 heavy (non-hydrogen) atoms. The molecule has 1 atom stereocenters. The minimum Gasteiger partial charge on any atom is -0.462 e. The van der Waals surface area contributed by atoms with Gasteiger partial charge in [0.25, 0.3) is 0 Å². The minimum absolute atomic E-state index is 0.0641. The second-order valence-corrected chi connectivity index (χ2v) is 18.4. The van der Waals surface area contributed by atoms with Gasteiger partial charge in [-0.3, -0.25) is 14.4 Å². The van der Waals surface area contributed by atoms with E-state index in [9.17, 15) is 14.4 Å². The zero-order valence-corrected chi connectivity index (χ0v) is 39.0. The first kappa shape index (κ1) is 55.4. The molecule has 0 unspecified atom stereocenters. The number of esters is 3. The lowest BCUT2D eigenvalue weighted by molar-refractivity contribution is -0.167. The van der Waals surface area contributed by atoms with Crippen LogP contribution in [0.4, 0.5) is 0 Å². The van der Waals surface area contributed by atoms with E-state index in [4.69, 9.17) is 14.2 Å². The number of carbonyl (C=O) groups excluding carboxylic acids is 3. The predicted molar refractivity (Wildman–Crippen MR) is 243 cm³/mol. The number of unbranched alkanes of at least 4 members (excludes halogenated alkanes) is 30. The lowest BCUT2D eigenvalue weighted by atomic mass is 10.0. The van der Waals surface area contributed by atoms with Crippen molar-refractivity contribution in [3.8, 4) is 0 Å². The molecule has 0 rings (SSSR count). The van der Waals surface area contributed by atoms with Gasteiger partial charge < -0.3 is 14.2 Å². The number of rotatable bonds is 45. The van der Waals surface area contributed by atoms with Crippen molar-refractivity contribution in [1.82, 2.24) is 0 Å². The average molecular weight is 807 g/mol. The van der Waals surface area contributed by atoms with E-state index in [-0.39, 0.29) is 31.1 Å². The van der Waals surface area contributed by atoms with E-state index in [1.54, 1.807) is 0 Å². The van der Waals surface area contributed by atoms with E-state index >= 15 is 0 Å². The second-order valence-electron chi connectivity index (χ2n) is 18.4. The fourth-order valence-electron chi connectivity index (χ4n) is 7.64. The number of carbonyl (C=O) groups is 3. The molecule has 0 fully saturated rings. The monoisotopic (exact) mass is 807 g/mol. The lowest BCUT2D eigenvalue weighted by Gasteiger charge is -2.18. The highest BCUT2D eigenvalue weighted by atomic mass is 16.6. The molecule has 0 aliphatic carbocycles. The highest BCUT2D eigenvalue weighted by Gasteiger charge is 2.19. The summed E-state index contributed by atoms with van der Waals surface area (Å²) in [5.74, 6) is 0.794. The van der Waals surface area contributed by atoms with Gasteiger partial charge in [-0.2, -0.15) is 0 Å². The van der Waals surface area contributed by atoms with E-state index in [0.29, 0.717) is 19.3 Å². The third-order valence-electron chi connectivity index (χ3n) is 11.5. The fraction of sp³-hybridized carbons (Fsp3) is 0.941. The van der Waals surface area contributed by atoms with Gasteiger partial charge in [0.15, 0.2) is 6.10 Å². The highest BCUT2D eigenvalue weighted by Crippen LogP contribution is 2.17. The van der Waals surface area contributed by atoms with Gasteiger partial charge in [0.2, 0.25) is 0 Å². The van der Waals surface area contributed by atoms with Crippen LogP contribution in [-0.4, -0.2) is 37.2 Å². The Labute approximate surface area is 355 Å². The molecule has 0 bridgehead atoms. The van der Waals surface area contributed by atoms with Crippen molar-refractivity contribution in [2.45, 2.75) is 285 Å². The molecule has 0 saturated heterocycles. The Morgan fingerprint density at radius 1 is 0.333 bits per heavy atom. The Morgan fingerprint density at radius 3 is 0.860 bits per heavy atom. The molecule has 0 aromatic heterocycles. The molecule has 0 N–H and O–H groups in total. The SMILES string of the molecule is CCCCCCCCCCCCCC(=O)OC[C@@H](COC(=O)CCCCCCCCCCCCCCCC(C)C)OC(=O)CCCCCCCCCCCC(C)C.